The van der Waals surface area contributed by atoms with Crippen LogP contribution < -0.4 is 0 Å². The Hall–Kier alpha value is -2.36. The lowest BCUT2D eigenvalue weighted by molar-refractivity contribution is 0.0510. The van der Waals surface area contributed by atoms with Crippen LogP contribution in [0.2, 0.25) is 0 Å². The van der Waals surface area contributed by atoms with Gasteiger partial charge in [-0.2, -0.15) is 0 Å². The average molecular weight is 285 g/mol. The lowest BCUT2D eigenvalue weighted by atomic mass is 10.0. The molecule has 1 aromatic rings. The van der Waals surface area contributed by atoms with Crippen molar-refractivity contribution in [3.8, 4) is 5.75 Å². The summed E-state index contributed by atoms with van der Waals surface area (Å²) in [5, 5.41) is 17.5. The van der Waals surface area contributed by atoms with Crippen LogP contribution in [0.15, 0.2) is 42.5 Å². The van der Waals surface area contributed by atoms with E-state index in [1.165, 1.54) is 12.1 Å². The SMILES string of the molecule is N=C1/C=C/CC/C=C/CCOC(=O)c2ccc(O)cc2C1. The molecule has 4 nitrogen and oxygen atoms in total. The van der Waals surface area contributed by atoms with Gasteiger partial charge in [-0.25, -0.2) is 4.79 Å². The van der Waals surface area contributed by atoms with E-state index in [4.69, 9.17) is 10.1 Å². The molecule has 4 heteroatoms. The molecule has 2 N–H and O–H groups in total. The van der Waals surface area contributed by atoms with Gasteiger partial charge in [-0.3, -0.25) is 0 Å². The van der Waals surface area contributed by atoms with Crippen LogP contribution in [0.25, 0.3) is 0 Å². The lowest BCUT2D eigenvalue weighted by Crippen LogP contribution is -2.11. The van der Waals surface area contributed by atoms with E-state index >= 15 is 0 Å². The predicted octanol–water partition coefficient (Wildman–Crippen LogP) is 3.41. The predicted molar refractivity (Wildman–Crippen MR) is 82.0 cm³/mol. The third-order valence-electron chi connectivity index (χ3n) is 3.19. The highest BCUT2D eigenvalue weighted by atomic mass is 16.5. The van der Waals surface area contributed by atoms with Crippen LogP contribution in [0.1, 0.15) is 35.2 Å². The Morgan fingerprint density at radius 3 is 2.71 bits per heavy atom. The number of carbonyl (C=O) groups is 1. The van der Waals surface area contributed by atoms with Crippen LogP contribution in [0, 0.1) is 5.41 Å². The molecule has 0 bridgehead atoms. The average Bonchev–Trinajstić information content (AvgIpc) is 2.44. The Morgan fingerprint density at radius 1 is 1.10 bits per heavy atom. The first-order chi connectivity index (χ1) is 10.2. The molecule has 0 fully saturated rings. The number of benzene rings is 1. The first kappa shape index (κ1) is 15.0. The normalized spacial score (nSPS) is 20.0. The molecule has 0 aromatic heterocycles. The van der Waals surface area contributed by atoms with Gasteiger partial charge < -0.3 is 15.3 Å². The zero-order valence-corrected chi connectivity index (χ0v) is 11.8. The molecule has 1 aliphatic heterocycles. The molecule has 1 heterocycles. The van der Waals surface area contributed by atoms with E-state index < -0.39 is 5.97 Å². The van der Waals surface area contributed by atoms with Crippen LogP contribution in [0.5, 0.6) is 5.75 Å². The Labute approximate surface area is 124 Å². The zero-order chi connectivity index (χ0) is 15.1. The van der Waals surface area contributed by atoms with Crippen molar-refractivity contribution < 1.29 is 14.6 Å². The van der Waals surface area contributed by atoms with Gasteiger partial charge in [-0.1, -0.05) is 18.2 Å². The molecule has 0 amide bonds. The highest BCUT2D eigenvalue weighted by Gasteiger charge is 2.14. The van der Waals surface area contributed by atoms with Crippen molar-refractivity contribution in [1.82, 2.24) is 0 Å². The summed E-state index contributed by atoms with van der Waals surface area (Å²) in [6, 6.07) is 4.53. The van der Waals surface area contributed by atoms with Crippen LogP contribution in [-0.2, 0) is 11.2 Å². The fourth-order valence-electron chi connectivity index (χ4n) is 2.14. The molecule has 0 aliphatic carbocycles. The summed E-state index contributed by atoms with van der Waals surface area (Å²) in [5.74, 6) is -0.324. The number of aromatic hydroxyl groups is 1. The summed E-state index contributed by atoms with van der Waals surface area (Å²) in [7, 11) is 0. The number of phenols is 1. The number of ether oxygens (including phenoxy) is 1. The summed E-state index contributed by atoms with van der Waals surface area (Å²) in [6.07, 6.45) is 10.5. The van der Waals surface area contributed by atoms with E-state index in [-0.39, 0.29) is 5.75 Å². The molecule has 0 saturated carbocycles. The number of cyclic esters (lactones) is 1. The molecule has 0 radical (unpaired) electrons. The summed E-state index contributed by atoms with van der Waals surface area (Å²) >= 11 is 0. The van der Waals surface area contributed by atoms with E-state index in [2.05, 4.69) is 6.08 Å². The van der Waals surface area contributed by atoms with Gasteiger partial charge in [-0.15, -0.1) is 0 Å². The van der Waals surface area contributed by atoms with E-state index in [0.29, 0.717) is 36.3 Å². The fraction of sp³-hybridized carbons (Fsp3) is 0.294. The second-order valence-corrected chi connectivity index (χ2v) is 4.92. The maximum atomic E-state index is 12.1. The number of allylic oxidation sites excluding steroid dienone is 3. The maximum Gasteiger partial charge on any atom is 0.338 e. The summed E-state index contributed by atoms with van der Waals surface area (Å²) < 4.78 is 5.23. The zero-order valence-electron chi connectivity index (χ0n) is 11.8. The van der Waals surface area contributed by atoms with Crippen molar-refractivity contribution in [3.05, 3.63) is 53.6 Å². The minimum Gasteiger partial charge on any atom is -0.508 e. The van der Waals surface area contributed by atoms with Gasteiger partial charge in [-0.05, 0) is 49.1 Å². The number of hydrogen-bond donors (Lipinski definition) is 2. The summed E-state index contributed by atoms with van der Waals surface area (Å²) in [5.41, 5.74) is 1.42. The second-order valence-electron chi connectivity index (χ2n) is 4.92. The van der Waals surface area contributed by atoms with Gasteiger partial charge >= 0.3 is 5.97 Å². The summed E-state index contributed by atoms with van der Waals surface area (Å²) in [4.78, 5) is 12.1. The highest BCUT2D eigenvalue weighted by Crippen LogP contribution is 2.19. The minimum atomic E-state index is -0.410. The molecule has 2 rings (SSSR count). The largest absolute Gasteiger partial charge is 0.508 e. The number of hydrogen-bond acceptors (Lipinski definition) is 4. The maximum absolute atomic E-state index is 12.1. The van der Waals surface area contributed by atoms with Crippen molar-refractivity contribution in [2.24, 2.45) is 0 Å². The Bertz CT molecular complexity index is 588. The first-order valence-corrected chi connectivity index (χ1v) is 7.05. The Balaban J connectivity index is 2.27. The van der Waals surface area contributed by atoms with Gasteiger partial charge in [0, 0.05) is 12.1 Å². The molecular formula is C17H19NO3. The van der Waals surface area contributed by atoms with E-state index in [0.717, 1.165) is 12.8 Å². The van der Waals surface area contributed by atoms with Crippen molar-refractivity contribution in [2.45, 2.75) is 25.7 Å². The number of esters is 1. The fourth-order valence-corrected chi connectivity index (χ4v) is 2.14. The topological polar surface area (TPSA) is 70.4 Å². The first-order valence-electron chi connectivity index (χ1n) is 7.05. The minimum absolute atomic E-state index is 0.0855. The quantitative estimate of drug-likeness (QED) is 0.567. The van der Waals surface area contributed by atoms with Crippen molar-refractivity contribution >= 4 is 11.7 Å². The number of phenolic OH excluding ortho intramolecular Hbond substituents is 1. The third kappa shape index (κ3) is 4.60. The Kier molecular flexibility index (Phi) is 5.32. The van der Waals surface area contributed by atoms with Crippen LogP contribution in [0.4, 0.5) is 0 Å². The molecule has 110 valence electrons. The third-order valence-corrected chi connectivity index (χ3v) is 3.19. The van der Waals surface area contributed by atoms with Crippen molar-refractivity contribution in [1.29, 1.82) is 5.41 Å². The highest BCUT2D eigenvalue weighted by molar-refractivity contribution is 5.97. The molecule has 0 spiro atoms. The number of fused-ring (bicyclic) bond motifs is 1. The van der Waals surface area contributed by atoms with E-state index in [9.17, 15) is 9.90 Å². The monoisotopic (exact) mass is 285 g/mol. The molecule has 21 heavy (non-hydrogen) atoms. The Morgan fingerprint density at radius 2 is 1.86 bits per heavy atom. The van der Waals surface area contributed by atoms with Crippen molar-refractivity contribution in [2.75, 3.05) is 6.61 Å². The molecule has 0 atom stereocenters. The van der Waals surface area contributed by atoms with Crippen molar-refractivity contribution in [3.63, 3.8) is 0 Å². The molecule has 0 saturated heterocycles. The van der Waals surface area contributed by atoms with Crippen LogP contribution in [-0.4, -0.2) is 23.4 Å². The smallest absolute Gasteiger partial charge is 0.338 e. The van der Waals surface area contributed by atoms with Gasteiger partial charge in [0.2, 0.25) is 0 Å². The number of carbonyl (C=O) groups excluding carboxylic acids is 1. The van der Waals surface area contributed by atoms with E-state index in [1.807, 2.05) is 12.2 Å². The van der Waals surface area contributed by atoms with Crippen LogP contribution in [0.3, 0.4) is 0 Å². The number of rotatable bonds is 0. The van der Waals surface area contributed by atoms with Gasteiger partial charge in [0.1, 0.15) is 5.75 Å². The van der Waals surface area contributed by atoms with Gasteiger partial charge in [0.25, 0.3) is 0 Å². The second kappa shape index (κ2) is 7.43. The molecule has 1 aliphatic rings. The summed E-state index contributed by atoms with van der Waals surface area (Å²) in [6.45, 7) is 0.336. The lowest BCUT2D eigenvalue weighted by Gasteiger charge is -2.10. The van der Waals surface area contributed by atoms with E-state index in [1.54, 1.807) is 12.1 Å². The van der Waals surface area contributed by atoms with Gasteiger partial charge in [0.05, 0.1) is 12.2 Å². The van der Waals surface area contributed by atoms with Gasteiger partial charge in [0.15, 0.2) is 0 Å². The molecule has 1 aromatic carbocycles. The molecule has 0 unspecified atom stereocenters. The van der Waals surface area contributed by atoms with Crippen LogP contribution >= 0.6 is 0 Å². The standard InChI is InChI=1S/C17H19NO3/c18-14-7-5-3-1-2-4-6-10-21-17(20)16-9-8-15(19)12-13(16)11-14/h2,4-5,7-9,12,18-19H,1,3,6,10-11H2/b4-2+,7-5+,18-14?. The number of nitrogens with one attached hydrogen (secondary N) is 1. The molecular weight excluding hydrogens is 266 g/mol.